The number of carbonyl (C=O) groups excluding carboxylic acids is 2. The van der Waals surface area contributed by atoms with Gasteiger partial charge in [0.15, 0.2) is 0 Å². The van der Waals surface area contributed by atoms with Crippen LogP contribution < -0.4 is 16.4 Å². The number of amides is 3. The topological polar surface area (TPSA) is 84.2 Å². The molecule has 1 aromatic rings. The van der Waals surface area contributed by atoms with Gasteiger partial charge in [-0.05, 0) is 44.5 Å². The van der Waals surface area contributed by atoms with Crippen LogP contribution in [-0.4, -0.2) is 23.7 Å². The third-order valence-corrected chi connectivity index (χ3v) is 3.28. The van der Waals surface area contributed by atoms with Crippen LogP contribution in [0.25, 0.3) is 0 Å². The summed E-state index contributed by atoms with van der Waals surface area (Å²) in [4.78, 5) is 23.8. The SMILES string of the molecule is Cc1cc(SCC(=O)NC(=O)NC(C)C)ccc1N. The highest BCUT2D eigenvalue weighted by Gasteiger charge is 2.09. The van der Waals surface area contributed by atoms with Gasteiger partial charge in [-0.25, -0.2) is 4.79 Å². The van der Waals surface area contributed by atoms with Crippen molar-refractivity contribution in [2.45, 2.75) is 31.7 Å². The number of imide groups is 1. The maximum atomic E-state index is 11.5. The first-order chi connectivity index (χ1) is 8.88. The van der Waals surface area contributed by atoms with Crippen molar-refractivity contribution in [3.8, 4) is 0 Å². The minimum absolute atomic E-state index is 0.000186. The van der Waals surface area contributed by atoms with E-state index in [2.05, 4.69) is 10.6 Å². The number of nitrogen functional groups attached to an aromatic ring is 1. The number of hydrogen-bond donors (Lipinski definition) is 3. The fourth-order valence-corrected chi connectivity index (χ4v) is 2.14. The monoisotopic (exact) mass is 281 g/mol. The van der Waals surface area contributed by atoms with Gasteiger partial charge in [-0.1, -0.05) is 0 Å². The summed E-state index contributed by atoms with van der Waals surface area (Å²) >= 11 is 1.36. The van der Waals surface area contributed by atoms with Crippen molar-refractivity contribution in [3.63, 3.8) is 0 Å². The molecule has 0 fully saturated rings. The quantitative estimate of drug-likeness (QED) is 0.581. The largest absolute Gasteiger partial charge is 0.399 e. The highest BCUT2D eigenvalue weighted by molar-refractivity contribution is 8.00. The lowest BCUT2D eigenvalue weighted by molar-refractivity contribution is -0.117. The van der Waals surface area contributed by atoms with Crippen molar-refractivity contribution in [1.29, 1.82) is 0 Å². The normalized spacial score (nSPS) is 10.3. The summed E-state index contributed by atoms with van der Waals surface area (Å²) in [5.41, 5.74) is 7.42. The first kappa shape index (κ1) is 15.4. The van der Waals surface area contributed by atoms with Crippen LogP contribution in [0.4, 0.5) is 10.5 Å². The van der Waals surface area contributed by atoms with E-state index in [1.54, 1.807) is 6.07 Å². The Bertz CT molecular complexity index is 475. The molecule has 1 aromatic carbocycles. The molecule has 0 atom stereocenters. The number of nitrogens with one attached hydrogen (secondary N) is 2. The number of anilines is 1. The second kappa shape index (κ2) is 7.04. The van der Waals surface area contributed by atoms with E-state index in [-0.39, 0.29) is 17.7 Å². The van der Waals surface area contributed by atoms with E-state index in [1.807, 2.05) is 32.9 Å². The van der Waals surface area contributed by atoms with Gasteiger partial charge in [0, 0.05) is 16.6 Å². The summed E-state index contributed by atoms with van der Waals surface area (Å²) in [6, 6.07) is 5.12. The van der Waals surface area contributed by atoms with Gasteiger partial charge < -0.3 is 11.1 Å². The molecule has 0 aliphatic rings. The van der Waals surface area contributed by atoms with E-state index < -0.39 is 6.03 Å². The summed E-state index contributed by atoms with van der Waals surface area (Å²) in [6.07, 6.45) is 0. The third kappa shape index (κ3) is 5.65. The first-order valence-corrected chi connectivity index (χ1v) is 6.96. The van der Waals surface area contributed by atoms with Crippen molar-refractivity contribution in [1.82, 2.24) is 10.6 Å². The van der Waals surface area contributed by atoms with Crippen LogP contribution in [0.1, 0.15) is 19.4 Å². The van der Waals surface area contributed by atoms with Gasteiger partial charge in [0.25, 0.3) is 0 Å². The molecule has 4 N–H and O–H groups in total. The Labute approximate surface area is 117 Å². The third-order valence-electron chi connectivity index (χ3n) is 2.28. The molecule has 0 bridgehead atoms. The fourth-order valence-electron chi connectivity index (χ4n) is 1.35. The average Bonchev–Trinajstić information content (AvgIpc) is 2.29. The Kier molecular flexibility index (Phi) is 5.69. The Morgan fingerprint density at radius 3 is 2.63 bits per heavy atom. The molecule has 6 heteroatoms. The summed E-state index contributed by atoms with van der Waals surface area (Å²) < 4.78 is 0. The summed E-state index contributed by atoms with van der Waals surface area (Å²) in [5, 5.41) is 4.86. The lowest BCUT2D eigenvalue weighted by Crippen LogP contribution is -2.43. The van der Waals surface area contributed by atoms with Gasteiger partial charge in [0.1, 0.15) is 0 Å². The minimum atomic E-state index is -0.464. The second-order valence-corrected chi connectivity index (χ2v) is 5.53. The lowest BCUT2D eigenvalue weighted by atomic mass is 10.2. The molecule has 0 aliphatic heterocycles. The Morgan fingerprint density at radius 1 is 1.37 bits per heavy atom. The van der Waals surface area contributed by atoms with Crippen LogP contribution in [0.2, 0.25) is 0 Å². The number of urea groups is 1. The van der Waals surface area contributed by atoms with Crippen LogP contribution in [0.3, 0.4) is 0 Å². The number of hydrogen-bond acceptors (Lipinski definition) is 4. The molecular formula is C13H19N3O2S. The van der Waals surface area contributed by atoms with E-state index in [9.17, 15) is 9.59 Å². The van der Waals surface area contributed by atoms with Crippen molar-refractivity contribution in [3.05, 3.63) is 23.8 Å². The molecule has 0 unspecified atom stereocenters. The summed E-state index contributed by atoms with van der Waals surface area (Å²) in [7, 11) is 0. The Balaban J connectivity index is 2.41. The molecule has 0 saturated heterocycles. The molecule has 104 valence electrons. The molecule has 0 aromatic heterocycles. The molecule has 19 heavy (non-hydrogen) atoms. The van der Waals surface area contributed by atoms with Gasteiger partial charge in [-0.3, -0.25) is 10.1 Å². The van der Waals surface area contributed by atoms with Gasteiger partial charge in [-0.15, -0.1) is 11.8 Å². The molecule has 0 spiro atoms. The van der Waals surface area contributed by atoms with Crippen molar-refractivity contribution in [2.75, 3.05) is 11.5 Å². The first-order valence-electron chi connectivity index (χ1n) is 5.97. The van der Waals surface area contributed by atoms with E-state index >= 15 is 0 Å². The van der Waals surface area contributed by atoms with E-state index in [0.29, 0.717) is 0 Å². The smallest absolute Gasteiger partial charge is 0.321 e. The number of nitrogens with two attached hydrogens (primary N) is 1. The zero-order valence-corrected chi connectivity index (χ0v) is 12.1. The van der Waals surface area contributed by atoms with Crippen LogP contribution in [0.5, 0.6) is 0 Å². The highest BCUT2D eigenvalue weighted by Crippen LogP contribution is 2.22. The van der Waals surface area contributed by atoms with Crippen molar-refractivity contribution < 1.29 is 9.59 Å². The number of aryl methyl sites for hydroxylation is 1. The molecule has 0 radical (unpaired) electrons. The van der Waals surface area contributed by atoms with Crippen LogP contribution in [0, 0.1) is 6.92 Å². The highest BCUT2D eigenvalue weighted by atomic mass is 32.2. The van der Waals surface area contributed by atoms with E-state index in [0.717, 1.165) is 16.1 Å². The Hall–Kier alpha value is -1.69. The summed E-state index contributed by atoms with van der Waals surface area (Å²) in [5.74, 6) is -0.132. The molecule has 5 nitrogen and oxygen atoms in total. The van der Waals surface area contributed by atoms with Gasteiger partial charge in [-0.2, -0.15) is 0 Å². The molecule has 3 amide bonds. The predicted molar refractivity (Wildman–Crippen MR) is 78.1 cm³/mol. The molecular weight excluding hydrogens is 262 g/mol. The zero-order chi connectivity index (χ0) is 14.4. The average molecular weight is 281 g/mol. The van der Waals surface area contributed by atoms with E-state index in [1.165, 1.54) is 11.8 Å². The van der Waals surface area contributed by atoms with Crippen LogP contribution >= 0.6 is 11.8 Å². The molecule has 0 aliphatic carbocycles. The fraction of sp³-hybridized carbons (Fsp3) is 0.385. The van der Waals surface area contributed by atoms with Crippen molar-refractivity contribution in [2.24, 2.45) is 0 Å². The second-order valence-electron chi connectivity index (χ2n) is 4.48. The van der Waals surface area contributed by atoms with Crippen LogP contribution in [0.15, 0.2) is 23.1 Å². The number of thioether (sulfide) groups is 1. The maximum absolute atomic E-state index is 11.5. The van der Waals surface area contributed by atoms with Gasteiger partial charge in [0.05, 0.1) is 5.75 Å². The Morgan fingerprint density at radius 2 is 2.05 bits per heavy atom. The van der Waals surface area contributed by atoms with Crippen LogP contribution in [-0.2, 0) is 4.79 Å². The van der Waals surface area contributed by atoms with Gasteiger partial charge >= 0.3 is 6.03 Å². The maximum Gasteiger partial charge on any atom is 0.321 e. The number of rotatable bonds is 4. The zero-order valence-electron chi connectivity index (χ0n) is 11.3. The number of benzene rings is 1. The van der Waals surface area contributed by atoms with Gasteiger partial charge in [0.2, 0.25) is 5.91 Å². The molecule has 0 saturated carbocycles. The minimum Gasteiger partial charge on any atom is -0.399 e. The summed E-state index contributed by atoms with van der Waals surface area (Å²) in [6.45, 7) is 5.57. The van der Waals surface area contributed by atoms with E-state index in [4.69, 9.17) is 5.73 Å². The molecule has 1 rings (SSSR count). The molecule has 0 heterocycles. The lowest BCUT2D eigenvalue weighted by Gasteiger charge is -2.09. The predicted octanol–water partition coefficient (Wildman–Crippen LogP) is 1.90. The standard InChI is InChI=1S/C13H19N3O2S/c1-8(2)15-13(18)16-12(17)7-19-10-4-5-11(14)9(3)6-10/h4-6,8H,7,14H2,1-3H3,(H2,15,16,17,18). The van der Waals surface area contributed by atoms with Crippen molar-refractivity contribution >= 4 is 29.4 Å². The number of carbonyl (C=O) groups is 2.